The topological polar surface area (TPSA) is 32.3 Å². The van der Waals surface area contributed by atoms with Gasteiger partial charge in [0.25, 0.3) is 0 Å². The van der Waals surface area contributed by atoms with Gasteiger partial charge in [0.05, 0.1) is 5.02 Å². The van der Waals surface area contributed by atoms with E-state index in [2.05, 4.69) is 36.7 Å². The highest BCUT2D eigenvalue weighted by atomic mass is 35.5. The molecule has 1 aromatic carbocycles. The largest absolute Gasteiger partial charge is 0.506 e. The molecule has 4 heteroatoms. The number of halogens is 1. The number of hydrogen-bond acceptors (Lipinski definition) is 3. The van der Waals surface area contributed by atoms with Crippen LogP contribution in [0.15, 0.2) is 35.7 Å². The predicted molar refractivity (Wildman–Crippen MR) is 81.9 cm³/mol. The summed E-state index contributed by atoms with van der Waals surface area (Å²) in [6.07, 6.45) is 0. The van der Waals surface area contributed by atoms with E-state index in [9.17, 15) is 5.11 Å². The molecule has 1 aromatic heterocycles. The van der Waals surface area contributed by atoms with E-state index in [1.807, 2.05) is 6.07 Å². The number of hydrogen-bond donors (Lipinski definition) is 2. The third kappa shape index (κ3) is 3.72. The SMILES string of the molecule is CC(C)C(NCc1ccc(O)c(Cl)c1)c1cccs1. The Hall–Kier alpha value is -1.03. The molecule has 0 bridgehead atoms. The minimum Gasteiger partial charge on any atom is -0.506 e. The van der Waals surface area contributed by atoms with Crippen LogP contribution in [0.3, 0.4) is 0 Å². The lowest BCUT2D eigenvalue weighted by molar-refractivity contribution is 0.416. The van der Waals surface area contributed by atoms with Gasteiger partial charge in [-0.1, -0.05) is 37.6 Å². The van der Waals surface area contributed by atoms with Crippen molar-refractivity contribution >= 4 is 22.9 Å². The molecule has 0 aliphatic carbocycles. The fourth-order valence-electron chi connectivity index (χ4n) is 2.02. The lowest BCUT2D eigenvalue weighted by Crippen LogP contribution is -2.24. The molecular weight excluding hydrogens is 278 g/mol. The van der Waals surface area contributed by atoms with Crippen molar-refractivity contribution in [2.75, 3.05) is 0 Å². The molecule has 19 heavy (non-hydrogen) atoms. The Balaban J connectivity index is 2.05. The number of benzene rings is 1. The zero-order chi connectivity index (χ0) is 13.8. The summed E-state index contributed by atoms with van der Waals surface area (Å²) in [7, 11) is 0. The number of phenols is 1. The van der Waals surface area contributed by atoms with Gasteiger partial charge in [-0.25, -0.2) is 0 Å². The second-order valence-electron chi connectivity index (χ2n) is 4.90. The Kier molecular flexibility index (Phi) is 4.86. The highest BCUT2D eigenvalue weighted by Gasteiger charge is 2.16. The summed E-state index contributed by atoms with van der Waals surface area (Å²) in [4.78, 5) is 1.35. The van der Waals surface area contributed by atoms with Gasteiger partial charge in [-0.15, -0.1) is 11.3 Å². The van der Waals surface area contributed by atoms with Gasteiger partial charge in [0, 0.05) is 17.5 Å². The first-order chi connectivity index (χ1) is 9.08. The first-order valence-electron chi connectivity index (χ1n) is 6.32. The fraction of sp³-hybridized carbons (Fsp3) is 0.333. The van der Waals surface area contributed by atoms with Gasteiger partial charge in [0.15, 0.2) is 0 Å². The van der Waals surface area contributed by atoms with E-state index in [0.29, 0.717) is 17.0 Å². The molecule has 1 atom stereocenters. The Morgan fingerprint density at radius 3 is 2.68 bits per heavy atom. The highest BCUT2D eigenvalue weighted by Crippen LogP contribution is 2.27. The number of aromatic hydroxyl groups is 1. The molecule has 0 amide bonds. The normalized spacial score (nSPS) is 12.8. The number of phenolic OH excluding ortho intramolecular Hbond substituents is 1. The van der Waals surface area contributed by atoms with E-state index < -0.39 is 0 Å². The van der Waals surface area contributed by atoms with Crippen molar-refractivity contribution in [3.8, 4) is 5.75 Å². The number of thiophene rings is 1. The van der Waals surface area contributed by atoms with Crippen molar-refractivity contribution in [1.82, 2.24) is 5.32 Å². The second kappa shape index (κ2) is 6.42. The van der Waals surface area contributed by atoms with Crippen LogP contribution in [-0.2, 0) is 6.54 Å². The van der Waals surface area contributed by atoms with Crippen molar-refractivity contribution in [1.29, 1.82) is 0 Å². The summed E-state index contributed by atoms with van der Waals surface area (Å²) in [5.41, 5.74) is 1.07. The van der Waals surface area contributed by atoms with Gasteiger partial charge < -0.3 is 10.4 Å². The third-order valence-electron chi connectivity index (χ3n) is 3.05. The molecule has 102 valence electrons. The van der Waals surface area contributed by atoms with E-state index >= 15 is 0 Å². The summed E-state index contributed by atoms with van der Waals surface area (Å²) in [5, 5.41) is 15.5. The molecule has 0 fully saturated rings. The number of nitrogens with one attached hydrogen (secondary N) is 1. The van der Waals surface area contributed by atoms with Gasteiger partial charge in [0.1, 0.15) is 5.75 Å². The van der Waals surface area contributed by atoms with Crippen molar-refractivity contribution in [3.05, 3.63) is 51.2 Å². The van der Waals surface area contributed by atoms with Crippen LogP contribution in [0.2, 0.25) is 5.02 Å². The van der Waals surface area contributed by atoms with E-state index in [-0.39, 0.29) is 5.75 Å². The van der Waals surface area contributed by atoms with Gasteiger partial charge in [0.2, 0.25) is 0 Å². The summed E-state index contributed by atoms with van der Waals surface area (Å²) in [5.74, 6) is 0.648. The summed E-state index contributed by atoms with van der Waals surface area (Å²) in [6.45, 7) is 5.16. The smallest absolute Gasteiger partial charge is 0.134 e. The van der Waals surface area contributed by atoms with Crippen LogP contribution in [-0.4, -0.2) is 5.11 Å². The standard InChI is InChI=1S/C15H18ClNOS/c1-10(2)15(14-4-3-7-19-14)17-9-11-5-6-13(18)12(16)8-11/h3-8,10,15,17-18H,9H2,1-2H3. The maximum atomic E-state index is 9.41. The maximum absolute atomic E-state index is 9.41. The molecule has 0 aliphatic heterocycles. The van der Waals surface area contributed by atoms with Crippen molar-refractivity contribution in [3.63, 3.8) is 0 Å². The van der Waals surface area contributed by atoms with Gasteiger partial charge in [-0.05, 0) is 35.1 Å². The second-order valence-corrected chi connectivity index (χ2v) is 6.29. The van der Waals surface area contributed by atoms with Crippen LogP contribution in [0.25, 0.3) is 0 Å². The fourth-order valence-corrected chi connectivity index (χ4v) is 3.20. The highest BCUT2D eigenvalue weighted by molar-refractivity contribution is 7.10. The maximum Gasteiger partial charge on any atom is 0.134 e. The van der Waals surface area contributed by atoms with Gasteiger partial charge >= 0.3 is 0 Å². The first kappa shape index (κ1) is 14.4. The quantitative estimate of drug-likeness (QED) is 0.845. The first-order valence-corrected chi connectivity index (χ1v) is 7.58. The molecule has 2 nitrogen and oxygen atoms in total. The molecule has 1 heterocycles. The molecule has 0 spiro atoms. The average molecular weight is 296 g/mol. The molecule has 2 rings (SSSR count). The predicted octanol–water partition coefficient (Wildman–Crippen LogP) is 4.59. The van der Waals surface area contributed by atoms with Crippen LogP contribution in [0.1, 0.15) is 30.3 Å². The molecule has 2 N–H and O–H groups in total. The zero-order valence-corrected chi connectivity index (χ0v) is 12.6. The molecule has 0 saturated heterocycles. The number of rotatable bonds is 5. The van der Waals surface area contributed by atoms with Gasteiger partial charge in [-0.2, -0.15) is 0 Å². The summed E-state index contributed by atoms with van der Waals surface area (Å²) >= 11 is 7.69. The zero-order valence-electron chi connectivity index (χ0n) is 11.1. The summed E-state index contributed by atoms with van der Waals surface area (Å²) < 4.78 is 0. The minimum atomic E-state index is 0.129. The van der Waals surface area contributed by atoms with Crippen molar-refractivity contribution < 1.29 is 5.11 Å². The van der Waals surface area contributed by atoms with Crippen molar-refractivity contribution in [2.24, 2.45) is 5.92 Å². The third-order valence-corrected chi connectivity index (χ3v) is 4.31. The molecular formula is C15H18ClNOS. The van der Waals surface area contributed by atoms with Crippen LogP contribution in [0.5, 0.6) is 5.75 Å². The molecule has 0 aliphatic rings. The van der Waals surface area contributed by atoms with Crippen LogP contribution in [0.4, 0.5) is 0 Å². The van der Waals surface area contributed by atoms with Crippen molar-refractivity contribution in [2.45, 2.75) is 26.4 Å². The lowest BCUT2D eigenvalue weighted by atomic mass is 10.0. The van der Waals surface area contributed by atoms with E-state index in [1.54, 1.807) is 23.5 Å². The molecule has 0 saturated carbocycles. The van der Waals surface area contributed by atoms with Gasteiger partial charge in [-0.3, -0.25) is 0 Å². The Morgan fingerprint density at radius 1 is 1.32 bits per heavy atom. The lowest BCUT2D eigenvalue weighted by Gasteiger charge is -2.21. The minimum absolute atomic E-state index is 0.129. The van der Waals surface area contributed by atoms with Crippen LogP contribution >= 0.6 is 22.9 Å². The molecule has 1 unspecified atom stereocenters. The molecule has 2 aromatic rings. The van der Waals surface area contributed by atoms with Crippen LogP contribution < -0.4 is 5.32 Å². The summed E-state index contributed by atoms with van der Waals surface area (Å²) in [6, 6.07) is 9.90. The Bertz CT molecular complexity index is 525. The molecule has 0 radical (unpaired) electrons. The average Bonchev–Trinajstić information content (AvgIpc) is 2.87. The monoisotopic (exact) mass is 295 g/mol. The Morgan fingerprint density at radius 2 is 2.11 bits per heavy atom. The Labute approximate surface area is 123 Å². The van der Waals surface area contributed by atoms with E-state index in [4.69, 9.17) is 11.6 Å². The van der Waals surface area contributed by atoms with E-state index in [0.717, 1.165) is 12.1 Å². The van der Waals surface area contributed by atoms with E-state index in [1.165, 1.54) is 4.88 Å². The van der Waals surface area contributed by atoms with Crippen LogP contribution in [0, 0.1) is 5.92 Å².